The van der Waals surface area contributed by atoms with Crippen LogP contribution in [0.15, 0.2) is 24.3 Å². The normalized spacial score (nSPS) is 23.2. The maximum absolute atomic E-state index is 12.8. The Morgan fingerprint density at radius 3 is 2.48 bits per heavy atom. The van der Waals surface area contributed by atoms with Crippen molar-refractivity contribution in [3.63, 3.8) is 0 Å². The number of rotatable bonds is 3. The SMILES string of the molecule is NS(=O)(=O)N1CCN(C(=O)c2ccccc2C2CCNC2)CC1. The molecule has 23 heavy (non-hydrogen) atoms. The summed E-state index contributed by atoms with van der Waals surface area (Å²) in [5.41, 5.74) is 1.81. The van der Waals surface area contributed by atoms with Crippen molar-refractivity contribution in [3.05, 3.63) is 35.4 Å². The van der Waals surface area contributed by atoms with Crippen molar-refractivity contribution in [3.8, 4) is 0 Å². The Kier molecular flexibility index (Phi) is 4.67. The molecular weight excluding hydrogens is 316 g/mol. The van der Waals surface area contributed by atoms with E-state index in [1.165, 1.54) is 4.31 Å². The number of nitrogens with two attached hydrogens (primary N) is 1. The van der Waals surface area contributed by atoms with Gasteiger partial charge in [-0.3, -0.25) is 4.79 Å². The molecule has 3 rings (SSSR count). The van der Waals surface area contributed by atoms with E-state index in [1.54, 1.807) is 4.90 Å². The minimum absolute atomic E-state index is 0.0263. The van der Waals surface area contributed by atoms with Crippen LogP contribution in [0.25, 0.3) is 0 Å². The first-order chi connectivity index (χ1) is 11.0. The number of nitrogens with one attached hydrogen (secondary N) is 1. The highest BCUT2D eigenvalue weighted by Gasteiger charge is 2.29. The van der Waals surface area contributed by atoms with Gasteiger partial charge in [-0.1, -0.05) is 18.2 Å². The van der Waals surface area contributed by atoms with Crippen molar-refractivity contribution in [1.82, 2.24) is 14.5 Å². The molecule has 2 fully saturated rings. The van der Waals surface area contributed by atoms with Crippen LogP contribution in [-0.4, -0.2) is 62.8 Å². The molecule has 2 aliphatic heterocycles. The fourth-order valence-electron chi connectivity index (χ4n) is 3.28. The van der Waals surface area contributed by atoms with Gasteiger partial charge in [-0.05, 0) is 30.5 Å². The standard InChI is InChI=1S/C15H22N4O3S/c16-23(21,22)19-9-7-18(8-10-19)15(20)14-4-2-1-3-13(14)12-5-6-17-11-12/h1-4,12,17H,5-11H2,(H2,16,21,22). The molecule has 0 radical (unpaired) electrons. The molecule has 1 unspecified atom stereocenters. The molecule has 8 heteroatoms. The van der Waals surface area contributed by atoms with E-state index in [9.17, 15) is 13.2 Å². The van der Waals surface area contributed by atoms with Crippen LogP contribution in [-0.2, 0) is 10.2 Å². The highest BCUT2D eigenvalue weighted by molar-refractivity contribution is 7.86. The Balaban J connectivity index is 1.74. The van der Waals surface area contributed by atoms with Gasteiger partial charge in [0, 0.05) is 38.3 Å². The maximum Gasteiger partial charge on any atom is 0.277 e. The predicted molar refractivity (Wildman–Crippen MR) is 87.3 cm³/mol. The fourth-order valence-corrected chi connectivity index (χ4v) is 3.96. The number of piperazine rings is 1. The van der Waals surface area contributed by atoms with E-state index < -0.39 is 10.2 Å². The van der Waals surface area contributed by atoms with Crippen molar-refractivity contribution in [2.45, 2.75) is 12.3 Å². The van der Waals surface area contributed by atoms with Crippen LogP contribution >= 0.6 is 0 Å². The second-order valence-electron chi connectivity index (χ2n) is 6.01. The molecule has 2 aliphatic rings. The Hall–Kier alpha value is -1.48. The van der Waals surface area contributed by atoms with Gasteiger partial charge in [-0.25, -0.2) is 5.14 Å². The van der Waals surface area contributed by atoms with Gasteiger partial charge >= 0.3 is 0 Å². The Morgan fingerprint density at radius 1 is 1.17 bits per heavy atom. The summed E-state index contributed by atoms with van der Waals surface area (Å²) in [5.74, 6) is 0.336. The summed E-state index contributed by atoms with van der Waals surface area (Å²) in [6.07, 6.45) is 1.03. The largest absolute Gasteiger partial charge is 0.336 e. The van der Waals surface area contributed by atoms with Gasteiger partial charge in [0.2, 0.25) is 0 Å². The average molecular weight is 338 g/mol. The maximum atomic E-state index is 12.8. The van der Waals surface area contributed by atoms with E-state index in [-0.39, 0.29) is 19.0 Å². The molecular formula is C15H22N4O3S. The van der Waals surface area contributed by atoms with Gasteiger partial charge in [-0.2, -0.15) is 12.7 Å². The molecule has 126 valence electrons. The number of amides is 1. The molecule has 0 spiro atoms. The first kappa shape index (κ1) is 16.4. The minimum Gasteiger partial charge on any atom is -0.336 e. The third-order valence-electron chi connectivity index (χ3n) is 4.58. The van der Waals surface area contributed by atoms with Crippen LogP contribution in [0, 0.1) is 0 Å². The molecule has 1 atom stereocenters. The number of hydrogen-bond donors (Lipinski definition) is 2. The van der Waals surface area contributed by atoms with Gasteiger partial charge in [0.25, 0.3) is 16.1 Å². The summed E-state index contributed by atoms with van der Waals surface area (Å²) < 4.78 is 23.9. The summed E-state index contributed by atoms with van der Waals surface area (Å²) in [6.45, 7) is 3.10. The van der Waals surface area contributed by atoms with E-state index in [1.807, 2.05) is 24.3 Å². The second kappa shape index (κ2) is 6.56. The van der Waals surface area contributed by atoms with Crippen molar-refractivity contribution in [2.24, 2.45) is 5.14 Å². The molecule has 1 amide bonds. The average Bonchev–Trinajstić information content (AvgIpc) is 3.08. The summed E-state index contributed by atoms with van der Waals surface area (Å²) >= 11 is 0. The molecule has 3 N–H and O–H groups in total. The van der Waals surface area contributed by atoms with Crippen LogP contribution in [0.3, 0.4) is 0 Å². The molecule has 1 aromatic carbocycles. The Labute approximate surface area is 136 Å². The lowest BCUT2D eigenvalue weighted by atomic mass is 9.93. The van der Waals surface area contributed by atoms with Crippen molar-refractivity contribution < 1.29 is 13.2 Å². The second-order valence-corrected chi connectivity index (χ2v) is 7.56. The van der Waals surface area contributed by atoms with Crippen molar-refractivity contribution >= 4 is 16.1 Å². The van der Waals surface area contributed by atoms with Gasteiger partial charge < -0.3 is 10.2 Å². The smallest absolute Gasteiger partial charge is 0.277 e. The first-order valence-corrected chi connectivity index (χ1v) is 9.34. The molecule has 0 aromatic heterocycles. The van der Waals surface area contributed by atoms with Crippen LogP contribution in [0.4, 0.5) is 0 Å². The van der Waals surface area contributed by atoms with Crippen molar-refractivity contribution in [1.29, 1.82) is 0 Å². The minimum atomic E-state index is -3.67. The number of carbonyl (C=O) groups excluding carboxylic acids is 1. The summed E-state index contributed by atoms with van der Waals surface area (Å²) in [4.78, 5) is 14.6. The van der Waals surface area contributed by atoms with Crippen LogP contribution in [0.1, 0.15) is 28.3 Å². The lowest BCUT2D eigenvalue weighted by Gasteiger charge is -2.33. The zero-order valence-corrected chi connectivity index (χ0v) is 13.8. The van der Waals surface area contributed by atoms with E-state index in [2.05, 4.69) is 5.32 Å². The van der Waals surface area contributed by atoms with Gasteiger partial charge in [0.05, 0.1) is 0 Å². The molecule has 2 heterocycles. The third-order valence-corrected chi connectivity index (χ3v) is 5.66. The molecule has 7 nitrogen and oxygen atoms in total. The Bertz CT molecular complexity index is 678. The van der Waals surface area contributed by atoms with Gasteiger partial charge in [-0.15, -0.1) is 0 Å². The third kappa shape index (κ3) is 3.55. The van der Waals surface area contributed by atoms with Gasteiger partial charge in [0.15, 0.2) is 0 Å². The molecule has 1 aromatic rings. The highest BCUT2D eigenvalue weighted by Crippen LogP contribution is 2.26. The van der Waals surface area contributed by atoms with Crippen LogP contribution in [0.2, 0.25) is 0 Å². The Morgan fingerprint density at radius 2 is 1.87 bits per heavy atom. The first-order valence-electron chi connectivity index (χ1n) is 7.83. The highest BCUT2D eigenvalue weighted by atomic mass is 32.2. The van der Waals surface area contributed by atoms with E-state index >= 15 is 0 Å². The lowest BCUT2D eigenvalue weighted by Crippen LogP contribution is -2.52. The zero-order chi connectivity index (χ0) is 16.4. The lowest BCUT2D eigenvalue weighted by molar-refractivity contribution is 0.0696. The van der Waals surface area contributed by atoms with Gasteiger partial charge in [0.1, 0.15) is 0 Å². The zero-order valence-electron chi connectivity index (χ0n) is 12.9. The molecule has 0 bridgehead atoms. The van der Waals surface area contributed by atoms with E-state index in [0.29, 0.717) is 19.0 Å². The van der Waals surface area contributed by atoms with Crippen LogP contribution < -0.4 is 10.5 Å². The predicted octanol–water partition coefficient (Wildman–Crippen LogP) is -0.275. The fraction of sp³-hybridized carbons (Fsp3) is 0.533. The van der Waals surface area contributed by atoms with Crippen molar-refractivity contribution in [2.75, 3.05) is 39.3 Å². The van der Waals surface area contributed by atoms with E-state index in [0.717, 1.165) is 30.6 Å². The number of benzene rings is 1. The summed E-state index contributed by atoms with van der Waals surface area (Å²) in [7, 11) is -3.67. The summed E-state index contributed by atoms with van der Waals surface area (Å²) in [5, 5.41) is 8.46. The molecule has 0 aliphatic carbocycles. The molecule has 0 saturated carbocycles. The van der Waals surface area contributed by atoms with Crippen LogP contribution in [0.5, 0.6) is 0 Å². The number of nitrogens with zero attached hydrogens (tertiary/aromatic N) is 2. The number of hydrogen-bond acceptors (Lipinski definition) is 4. The monoisotopic (exact) mass is 338 g/mol. The van der Waals surface area contributed by atoms with E-state index in [4.69, 9.17) is 5.14 Å². The summed E-state index contributed by atoms with van der Waals surface area (Å²) in [6, 6.07) is 7.72. The molecule has 2 saturated heterocycles. The quantitative estimate of drug-likeness (QED) is 0.793. The topological polar surface area (TPSA) is 95.7 Å². The number of carbonyl (C=O) groups is 1.